The number of ether oxygens (including phenoxy) is 1. The molecule has 3 rings (SSSR count). The molecule has 0 fully saturated rings. The number of hydrogen-bond acceptors (Lipinski definition) is 4. The van der Waals surface area contributed by atoms with Gasteiger partial charge in [-0.25, -0.2) is 0 Å². The van der Waals surface area contributed by atoms with Crippen LogP contribution in [0.3, 0.4) is 0 Å². The van der Waals surface area contributed by atoms with E-state index in [0.29, 0.717) is 6.54 Å². The number of hydrogen-bond donors (Lipinski definition) is 1. The summed E-state index contributed by atoms with van der Waals surface area (Å²) in [5.41, 5.74) is 4.66. The molecule has 148 valence electrons. The van der Waals surface area contributed by atoms with Crippen LogP contribution in [0, 0.1) is 13.8 Å². The minimum absolute atomic E-state index is 0.277. The Hall–Kier alpha value is -2.63. The molecule has 3 aromatic rings. The Labute approximate surface area is 167 Å². The molecule has 1 N–H and O–H groups in total. The van der Waals surface area contributed by atoms with Gasteiger partial charge in [0.05, 0.1) is 12.2 Å². The summed E-state index contributed by atoms with van der Waals surface area (Å²) in [6.45, 7) is 6.49. The predicted molar refractivity (Wildman–Crippen MR) is 112 cm³/mol. The largest absolute Gasteiger partial charge is 0.491 e. The molecule has 0 saturated heterocycles. The van der Waals surface area contributed by atoms with Crippen molar-refractivity contribution in [2.24, 2.45) is 0 Å². The molecule has 1 heterocycles. The molecule has 0 radical (unpaired) electrons. The van der Waals surface area contributed by atoms with E-state index in [9.17, 15) is 5.11 Å². The number of aliphatic hydroxyl groups is 1. The average Bonchev–Trinajstić information content (AvgIpc) is 2.95. The van der Waals surface area contributed by atoms with Crippen molar-refractivity contribution in [2.45, 2.75) is 33.0 Å². The summed E-state index contributed by atoms with van der Waals surface area (Å²) in [4.78, 5) is 2.11. The lowest BCUT2D eigenvalue weighted by Gasteiger charge is -2.21. The standard InChI is InChI=1S/C23H29N3O2/c1-18-23(19(2)26(24-18)14-20-10-6-4-7-11-20)16-25(3)15-21(27)17-28-22-12-8-5-9-13-22/h4-13,21,27H,14-17H2,1-3H3. The summed E-state index contributed by atoms with van der Waals surface area (Å²) >= 11 is 0. The maximum Gasteiger partial charge on any atom is 0.119 e. The van der Waals surface area contributed by atoms with E-state index in [2.05, 4.69) is 40.8 Å². The smallest absolute Gasteiger partial charge is 0.119 e. The van der Waals surface area contributed by atoms with E-state index in [0.717, 1.165) is 24.5 Å². The molecule has 5 nitrogen and oxygen atoms in total. The Bertz CT molecular complexity index is 862. The van der Waals surface area contributed by atoms with Crippen LogP contribution < -0.4 is 4.74 Å². The number of aryl methyl sites for hydroxylation is 1. The van der Waals surface area contributed by atoms with Crippen LogP contribution in [0.15, 0.2) is 60.7 Å². The van der Waals surface area contributed by atoms with Gasteiger partial charge in [-0.15, -0.1) is 0 Å². The van der Waals surface area contributed by atoms with Crippen LogP contribution in [-0.2, 0) is 13.1 Å². The Balaban J connectivity index is 1.55. The Morgan fingerprint density at radius 1 is 1.04 bits per heavy atom. The Morgan fingerprint density at radius 3 is 2.36 bits per heavy atom. The van der Waals surface area contributed by atoms with Crippen LogP contribution in [0.2, 0.25) is 0 Å². The minimum Gasteiger partial charge on any atom is -0.491 e. The van der Waals surface area contributed by atoms with Crippen molar-refractivity contribution in [1.82, 2.24) is 14.7 Å². The highest BCUT2D eigenvalue weighted by Gasteiger charge is 2.16. The molecule has 0 spiro atoms. The van der Waals surface area contributed by atoms with Crippen molar-refractivity contribution in [1.29, 1.82) is 0 Å². The number of likely N-dealkylation sites (N-methyl/N-ethyl adjacent to an activating group) is 1. The van der Waals surface area contributed by atoms with Gasteiger partial charge in [-0.2, -0.15) is 5.10 Å². The van der Waals surface area contributed by atoms with E-state index < -0.39 is 6.10 Å². The molecule has 1 unspecified atom stereocenters. The van der Waals surface area contributed by atoms with Gasteiger partial charge in [0.2, 0.25) is 0 Å². The second-order valence-corrected chi connectivity index (χ2v) is 7.27. The molecule has 0 bridgehead atoms. The molecule has 0 aliphatic heterocycles. The van der Waals surface area contributed by atoms with Gasteiger partial charge in [0.25, 0.3) is 0 Å². The third-order valence-electron chi connectivity index (χ3n) is 4.84. The fraction of sp³-hybridized carbons (Fsp3) is 0.348. The summed E-state index contributed by atoms with van der Waals surface area (Å²) in [7, 11) is 2.01. The zero-order valence-electron chi connectivity index (χ0n) is 16.9. The number of aromatic nitrogens is 2. The van der Waals surface area contributed by atoms with Crippen LogP contribution >= 0.6 is 0 Å². The van der Waals surface area contributed by atoms with Gasteiger partial charge in [0, 0.05) is 24.3 Å². The molecule has 2 aromatic carbocycles. The van der Waals surface area contributed by atoms with Crippen molar-refractivity contribution < 1.29 is 9.84 Å². The molecular weight excluding hydrogens is 350 g/mol. The van der Waals surface area contributed by atoms with Gasteiger partial charge in [-0.1, -0.05) is 48.5 Å². The summed E-state index contributed by atoms with van der Waals surface area (Å²) in [6.07, 6.45) is -0.551. The molecule has 1 aromatic heterocycles. The zero-order chi connectivity index (χ0) is 19.9. The monoisotopic (exact) mass is 379 g/mol. The first-order chi connectivity index (χ1) is 13.5. The highest BCUT2D eigenvalue weighted by atomic mass is 16.5. The maximum absolute atomic E-state index is 10.3. The van der Waals surface area contributed by atoms with Crippen molar-refractivity contribution in [3.05, 3.63) is 83.2 Å². The summed E-state index contributed by atoms with van der Waals surface area (Å²) in [5.74, 6) is 0.776. The normalized spacial score (nSPS) is 12.3. The molecule has 5 heteroatoms. The fourth-order valence-corrected chi connectivity index (χ4v) is 3.33. The van der Waals surface area contributed by atoms with Crippen molar-refractivity contribution in [2.75, 3.05) is 20.2 Å². The van der Waals surface area contributed by atoms with E-state index in [-0.39, 0.29) is 6.61 Å². The summed E-state index contributed by atoms with van der Waals surface area (Å²) in [5, 5.41) is 15.0. The first-order valence-electron chi connectivity index (χ1n) is 9.64. The van der Waals surface area contributed by atoms with Crippen LogP contribution in [0.4, 0.5) is 0 Å². The lowest BCUT2D eigenvalue weighted by molar-refractivity contribution is 0.0743. The lowest BCUT2D eigenvalue weighted by Crippen LogP contribution is -2.33. The third kappa shape index (κ3) is 5.44. The van der Waals surface area contributed by atoms with Crippen molar-refractivity contribution >= 4 is 0 Å². The highest BCUT2D eigenvalue weighted by molar-refractivity contribution is 5.26. The Kier molecular flexibility index (Phi) is 6.85. The molecular formula is C23H29N3O2. The summed E-state index contributed by atoms with van der Waals surface area (Å²) in [6, 6.07) is 19.9. The van der Waals surface area contributed by atoms with Gasteiger partial charge in [-0.3, -0.25) is 9.58 Å². The van der Waals surface area contributed by atoms with Crippen molar-refractivity contribution in [3.8, 4) is 5.75 Å². The van der Waals surface area contributed by atoms with Gasteiger partial charge in [0.1, 0.15) is 18.5 Å². The van der Waals surface area contributed by atoms with Crippen molar-refractivity contribution in [3.63, 3.8) is 0 Å². The van der Waals surface area contributed by atoms with Crippen LogP contribution in [0.25, 0.3) is 0 Å². The van der Waals surface area contributed by atoms with E-state index in [1.807, 2.05) is 50.4 Å². The van der Waals surface area contributed by atoms with Crippen LogP contribution in [0.5, 0.6) is 5.75 Å². The van der Waals surface area contributed by atoms with E-state index in [1.165, 1.54) is 16.8 Å². The molecule has 0 aliphatic rings. The topological polar surface area (TPSA) is 50.5 Å². The van der Waals surface area contributed by atoms with E-state index in [1.54, 1.807) is 0 Å². The first kappa shape index (κ1) is 20.1. The molecule has 0 amide bonds. The van der Waals surface area contributed by atoms with E-state index >= 15 is 0 Å². The number of aliphatic hydroxyl groups excluding tert-OH is 1. The second-order valence-electron chi connectivity index (χ2n) is 7.27. The van der Waals surface area contributed by atoms with Gasteiger partial charge < -0.3 is 9.84 Å². The quantitative estimate of drug-likeness (QED) is 0.619. The highest BCUT2D eigenvalue weighted by Crippen LogP contribution is 2.17. The molecule has 0 saturated carbocycles. The maximum atomic E-state index is 10.3. The summed E-state index contributed by atoms with van der Waals surface area (Å²) < 4.78 is 7.70. The van der Waals surface area contributed by atoms with Crippen LogP contribution in [-0.4, -0.2) is 46.1 Å². The SMILES string of the molecule is Cc1nn(Cc2ccccc2)c(C)c1CN(C)CC(O)COc1ccccc1. The number of benzene rings is 2. The van der Waals surface area contributed by atoms with Gasteiger partial charge >= 0.3 is 0 Å². The average molecular weight is 380 g/mol. The number of rotatable bonds is 9. The lowest BCUT2D eigenvalue weighted by atomic mass is 10.1. The zero-order valence-corrected chi connectivity index (χ0v) is 16.9. The Morgan fingerprint density at radius 2 is 1.68 bits per heavy atom. The predicted octanol–water partition coefficient (Wildman–Crippen LogP) is 3.42. The van der Waals surface area contributed by atoms with Gasteiger partial charge in [-0.05, 0) is 38.6 Å². The fourth-order valence-electron chi connectivity index (χ4n) is 3.33. The first-order valence-corrected chi connectivity index (χ1v) is 9.64. The van der Waals surface area contributed by atoms with Crippen LogP contribution in [0.1, 0.15) is 22.5 Å². The minimum atomic E-state index is -0.551. The number of para-hydroxylation sites is 1. The second kappa shape index (κ2) is 9.53. The molecule has 1 atom stereocenters. The molecule has 0 aliphatic carbocycles. The van der Waals surface area contributed by atoms with Gasteiger partial charge in [0.15, 0.2) is 0 Å². The third-order valence-corrected chi connectivity index (χ3v) is 4.84. The van der Waals surface area contributed by atoms with E-state index in [4.69, 9.17) is 9.84 Å². The number of nitrogens with zero attached hydrogens (tertiary/aromatic N) is 3. The molecule has 28 heavy (non-hydrogen) atoms.